The Balaban J connectivity index is 2.10. The average molecular weight is 472 g/mol. The Morgan fingerprint density at radius 2 is 2.00 bits per heavy atom. The van der Waals surface area contributed by atoms with E-state index in [9.17, 15) is 4.79 Å². The van der Waals surface area contributed by atoms with Gasteiger partial charge in [0.25, 0.3) is 0 Å². The van der Waals surface area contributed by atoms with E-state index in [-0.39, 0.29) is 5.78 Å². The van der Waals surface area contributed by atoms with E-state index in [1.54, 1.807) is 0 Å². The van der Waals surface area contributed by atoms with Crippen LogP contribution >= 0.6 is 0 Å². The Morgan fingerprint density at radius 3 is 2.65 bits per heavy atom. The molecule has 1 heterocycles. The minimum absolute atomic E-state index is 0.0183. The van der Waals surface area contributed by atoms with Gasteiger partial charge in [-0.15, -0.1) is 0 Å². The van der Waals surface area contributed by atoms with Crippen molar-refractivity contribution >= 4 is 12.0 Å². The van der Waals surface area contributed by atoms with E-state index in [0.717, 1.165) is 26.2 Å². The maximum atomic E-state index is 12.9. The van der Waals surface area contributed by atoms with E-state index >= 15 is 0 Å². The number of rotatable bonds is 11. The number of allylic oxidation sites excluding steroid dienone is 2. The van der Waals surface area contributed by atoms with E-state index in [4.69, 9.17) is 14.9 Å². The van der Waals surface area contributed by atoms with Gasteiger partial charge in [-0.25, -0.2) is 0 Å². The number of nitrogens with one attached hydrogen (secondary N) is 2. The number of Topliss-reactive ketones (excluding diaryl/α,β-unsaturated/α-hetero) is 1. The van der Waals surface area contributed by atoms with Gasteiger partial charge in [0, 0.05) is 39.0 Å². The normalized spacial score (nSPS) is 15.3. The zero-order chi connectivity index (χ0) is 18.6. The predicted molar refractivity (Wildman–Crippen MR) is 97.7 cm³/mol. The van der Waals surface area contributed by atoms with Gasteiger partial charge < -0.3 is 25.1 Å². The van der Waals surface area contributed by atoms with Gasteiger partial charge >= 0.3 is 21.2 Å². The molecule has 0 bridgehead atoms. The molecule has 1 aromatic carbocycles. The van der Waals surface area contributed by atoms with Gasteiger partial charge in [-0.2, -0.15) is 0 Å². The molecular weight excluding hydrogens is 445 g/mol. The maximum absolute atomic E-state index is 12.9. The zero-order valence-corrected chi connectivity index (χ0v) is 17.3. The number of ether oxygens (including phenoxy) is 2. The molecule has 1 fully saturated rings. The molecular formula is C19H27IN3O3+. The van der Waals surface area contributed by atoms with Crippen molar-refractivity contribution in [2.24, 2.45) is 0 Å². The van der Waals surface area contributed by atoms with Crippen LogP contribution in [-0.2, 0) is 14.3 Å². The molecule has 1 aromatic rings. The summed E-state index contributed by atoms with van der Waals surface area (Å²) in [7, 11) is 0. The number of ketones is 1. The Labute approximate surface area is 165 Å². The summed E-state index contributed by atoms with van der Waals surface area (Å²) >= 11 is -0.420. The molecule has 0 aliphatic carbocycles. The lowest BCUT2D eigenvalue weighted by Gasteiger charge is -2.30. The molecule has 1 aliphatic heterocycles. The third kappa shape index (κ3) is 6.69. The van der Waals surface area contributed by atoms with E-state index in [2.05, 4.69) is 22.3 Å². The molecule has 0 radical (unpaired) electrons. The maximum Gasteiger partial charge on any atom is 0.322 e. The third-order valence-corrected chi connectivity index (χ3v) is 6.51. The first-order chi connectivity index (χ1) is 12.8. The molecule has 0 saturated carbocycles. The van der Waals surface area contributed by atoms with E-state index in [0.29, 0.717) is 35.7 Å². The van der Waals surface area contributed by atoms with Crippen LogP contribution in [0.15, 0.2) is 41.8 Å². The smallest absolute Gasteiger partial charge is 0.322 e. The van der Waals surface area contributed by atoms with Crippen molar-refractivity contribution in [2.75, 3.05) is 50.4 Å². The fourth-order valence-corrected chi connectivity index (χ4v) is 4.61. The SMILES string of the molecule is CCOCCO/C(C(=O)C[I+]c1ccccc1)=C(/C=N)N1CCNCC1. The predicted octanol–water partition coefficient (Wildman–Crippen LogP) is -1.67. The molecule has 0 unspecified atom stereocenters. The number of benzene rings is 1. The highest BCUT2D eigenvalue weighted by atomic mass is 127. The molecule has 6 nitrogen and oxygen atoms in total. The minimum atomic E-state index is -0.420. The fourth-order valence-electron chi connectivity index (χ4n) is 2.55. The molecule has 1 saturated heterocycles. The van der Waals surface area contributed by atoms with E-state index in [1.807, 2.05) is 25.1 Å². The second-order valence-electron chi connectivity index (χ2n) is 5.63. The van der Waals surface area contributed by atoms with Crippen molar-refractivity contribution in [3.05, 3.63) is 45.4 Å². The molecule has 0 amide bonds. The number of halogens is 1. The lowest BCUT2D eigenvalue weighted by molar-refractivity contribution is -0.615. The Bertz CT molecular complexity index is 601. The summed E-state index contributed by atoms with van der Waals surface area (Å²) in [5.41, 5.74) is 0.588. The van der Waals surface area contributed by atoms with Gasteiger partial charge in [0.2, 0.25) is 10.2 Å². The number of nitrogens with zero attached hydrogens (tertiary/aromatic N) is 1. The third-order valence-electron chi connectivity index (χ3n) is 3.83. The first kappa shape index (κ1) is 20.9. The molecule has 2 rings (SSSR count). The van der Waals surface area contributed by atoms with Gasteiger partial charge in [0.15, 0.2) is 9.33 Å². The van der Waals surface area contributed by atoms with Crippen LogP contribution in [0, 0.1) is 8.98 Å². The number of carbonyl (C=O) groups is 1. The van der Waals surface area contributed by atoms with Gasteiger partial charge in [-0.05, 0) is 19.1 Å². The topological polar surface area (TPSA) is 74.7 Å². The summed E-state index contributed by atoms with van der Waals surface area (Å²) in [6.07, 6.45) is 1.25. The largest absolute Gasteiger partial charge is 0.485 e. The average Bonchev–Trinajstić information content (AvgIpc) is 2.70. The summed E-state index contributed by atoms with van der Waals surface area (Å²) in [5.74, 6) is 0.299. The van der Waals surface area contributed by atoms with Crippen LogP contribution in [0.1, 0.15) is 6.92 Å². The van der Waals surface area contributed by atoms with Gasteiger partial charge in [-0.3, -0.25) is 4.79 Å². The first-order valence-corrected chi connectivity index (χ1v) is 11.4. The second kappa shape index (κ2) is 12.0. The van der Waals surface area contributed by atoms with Crippen LogP contribution in [0.3, 0.4) is 0 Å². The Hall–Kier alpha value is -1.45. The molecule has 142 valence electrons. The van der Waals surface area contributed by atoms with Crippen LogP contribution in [0.25, 0.3) is 0 Å². The number of piperazine rings is 1. The standard InChI is InChI=1S/C19H27IN3O3/c1-2-25-12-13-26-19(17(15-21)23-10-8-22-9-11-23)18(24)14-20-16-6-4-3-5-7-16/h3-7,15,21-22H,2,8-14H2,1H3/q+1/b19-17-,21-15?. The second-order valence-corrected chi connectivity index (χ2v) is 8.40. The molecule has 1 aliphatic rings. The van der Waals surface area contributed by atoms with Gasteiger partial charge in [0.05, 0.1) is 6.61 Å². The molecule has 0 spiro atoms. The highest BCUT2D eigenvalue weighted by Gasteiger charge is 2.27. The van der Waals surface area contributed by atoms with Crippen LogP contribution in [0.4, 0.5) is 0 Å². The summed E-state index contributed by atoms with van der Waals surface area (Å²) in [4.78, 5) is 14.9. The number of alkyl halides is 1. The van der Waals surface area contributed by atoms with Crippen molar-refractivity contribution in [3.8, 4) is 0 Å². The molecule has 2 N–H and O–H groups in total. The Kier molecular flexibility index (Phi) is 9.65. The monoisotopic (exact) mass is 472 g/mol. The first-order valence-electron chi connectivity index (χ1n) is 8.84. The highest BCUT2D eigenvalue weighted by Crippen LogP contribution is 2.12. The van der Waals surface area contributed by atoms with Crippen LogP contribution in [0.2, 0.25) is 0 Å². The highest BCUT2D eigenvalue weighted by molar-refractivity contribution is 5.99. The lowest BCUT2D eigenvalue weighted by atomic mass is 10.2. The van der Waals surface area contributed by atoms with Crippen LogP contribution in [-0.4, -0.2) is 67.3 Å². The number of hydrogen-bond acceptors (Lipinski definition) is 6. The number of hydrogen-bond donors (Lipinski definition) is 2. The van der Waals surface area contributed by atoms with Crippen molar-refractivity contribution in [2.45, 2.75) is 6.92 Å². The van der Waals surface area contributed by atoms with Crippen LogP contribution in [0.5, 0.6) is 0 Å². The summed E-state index contributed by atoms with van der Waals surface area (Å²) < 4.78 is 12.8. The van der Waals surface area contributed by atoms with Crippen molar-refractivity contribution < 1.29 is 35.5 Å². The van der Waals surface area contributed by atoms with Crippen molar-refractivity contribution in [3.63, 3.8) is 0 Å². The van der Waals surface area contributed by atoms with E-state index in [1.165, 1.54) is 9.78 Å². The van der Waals surface area contributed by atoms with Crippen molar-refractivity contribution in [1.29, 1.82) is 5.41 Å². The minimum Gasteiger partial charge on any atom is -0.485 e. The summed E-state index contributed by atoms with van der Waals surface area (Å²) in [5, 5.41) is 11.1. The number of carbonyl (C=O) groups excluding carboxylic acids is 1. The molecule has 0 atom stereocenters. The summed E-state index contributed by atoms with van der Waals surface area (Å²) in [6.45, 7) is 6.52. The van der Waals surface area contributed by atoms with Gasteiger partial charge in [-0.1, -0.05) is 18.2 Å². The van der Waals surface area contributed by atoms with Crippen molar-refractivity contribution in [1.82, 2.24) is 10.2 Å². The zero-order valence-electron chi connectivity index (χ0n) is 15.2. The lowest BCUT2D eigenvalue weighted by Crippen LogP contribution is -3.63. The van der Waals surface area contributed by atoms with Gasteiger partial charge in [0.1, 0.15) is 12.3 Å². The van der Waals surface area contributed by atoms with E-state index < -0.39 is 21.2 Å². The molecule has 26 heavy (non-hydrogen) atoms. The fraction of sp³-hybridized carbons (Fsp3) is 0.474. The Morgan fingerprint density at radius 1 is 1.27 bits per heavy atom. The molecule has 0 aromatic heterocycles. The van der Waals surface area contributed by atoms with Crippen LogP contribution < -0.4 is 26.5 Å². The molecule has 7 heteroatoms. The quantitative estimate of drug-likeness (QED) is 0.101. The summed E-state index contributed by atoms with van der Waals surface area (Å²) in [6, 6.07) is 10.1.